The predicted octanol–water partition coefficient (Wildman–Crippen LogP) is 7.53. The van der Waals surface area contributed by atoms with Crippen molar-refractivity contribution in [3.63, 3.8) is 0 Å². The maximum Gasteiger partial charge on any atom is 0.0655 e. The van der Waals surface area contributed by atoms with Crippen LogP contribution in [0.2, 0.25) is 0 Å². The molecule has 0 aromatic rings. The molecular formula is C24H41N. The van der Waals surface area contributed by atoms with E-state index in [4.69, 9.17) is 5.26 Å². The van der Waals surface area contributed by atoms with Gasteiger partial charge in [-0.1, -0.05) is 65.0 Å². The highest BCUT2D eigenvalue weighted by Gasteiger charge is 2.23. The Morgan fingerprint density at radius 3 is 2.16 bits per heavy atom. The third kappa shape index (κ3) is 7.16. The molecule has 0 aliphatic heterocycles. The van der Waals surface area contributed by atoms with E-state index in [1.54, 1.807) is 0 Å². The van der Waals surface area contributed by atoms with Crippen LogP contribution in [0.5, 0.6) is 0 Å². The van der Waals surface area contributed by atoms with E-state index in [1.165, 1.54) is 64.2 Å². The fourth-order valence-corrected chi connectivity index (χ4v) is 4.86. The number of nitriles is 1. The van der Waals surface area contributed by atoms with E-state index in [-0.39, 0.29) is 0 Å². The van der Waals surface area contributed by atoms with E-state index in [1.807, 2.05) is 0 Å². The summed E-state index contributed by atoms with van der Waals surface area (Å²) in [7, 11) is 0. The van der Waals surface area contributed by atoms with Crippen LogP contribution in [0.1, 0.15) is 97.8 Å². The Labute approximate surface area is 157 Å². The summed E-state index contributed by atoms with van der Waals surface area (Å²) in [6, 6.07) is 2.45. The smallest absolute Gasteiger partial charge is 0.0655 e. The second kappa shape index (κ2) is 11.1. The first kappa shape index (κ1) is 20.5. The molecule has 0 spiro atoms. The Morgan fingerprint density at radius 2 is 1.52 bits per heavy atom. The second-order valence-corrected chi connectivity index (χ2v) is 9.22. The van der Waals surface area contributed by atoms with Gasteiger partial charge in [-0.3, -0.25) is 0 Å². The molecule has 0 amide bonds. The summed E-state index contributed by atoms with van der Waals surface area (Å²) in [5.41, 5.74) is 0. The average Bonchev–Trinajstić information content (AvgIpc) is 2.90. The van der Waals surface area contributed by atoms with Crippen LogP contribution in [0, 0.1) is 46.8 Å². The highest BCUT2D eigenvalue weighted by atomic mass is 14.3. The molecule has 2 saturated carbocycles. The highest BCUT2D eigenvalue weighted by Crippen LogP contribution is 2.36. The minimum atomic E-state index is 0.334. The summed E-state index contributed by atoms with van der Waals surface area (Å²) in [5, 5.41) is 9.03. The SMILES string of the molecule is CCC(C)CCC(C)C1CCCC(C=CC2CCC(C#N)CC2)CC1. The summed E-state index contributed by atoms with van der Waals surface area (Å²) in [6.45, 7) is 7.24. The lowest BCUT2D eigenvalue weighted by Gasteiger charge is -2.24. The summed E-state index contributed by atoms with van der Waals surface area (Å²) >= 11 is 0. The molecule has 0 aromatic carbocycles. The minimum Gasteiger partial charge on any atom is -0.198 e. The lowest BCUT2D eigenvalue weighted by molar-refractivity contribution is 0.280. The normalized spacial score (nSPS) is 33.5. The topological polar surface area (TPSA) is 23.8 Å². The van der Waals surface area contributed by atoms with Crippen molar-refractivity contribution < 1.29 is 0 Å². The van der Waals surface area contributed by atoms with Crippen molar-refractivity contribution in [1.82, 2.24) is 0 Å². The van der Waals surface area contributed by atoms with Gasteiger partial charge in [-0.25, -0.2) is 0 Å². The van der Waals surface area contributed by atoms with E-state index >= 15 is 0 Å². The van der Waals surface area contributed by atoms with E-state index < -0.39 is 0 Å². The van der Waals surface area contributed by atoms with E-state index in [0.29, 0.717) is 5.92 Å². The molecule has 0 N–H and O–H groups in total. The number of hydrogen-bond donors (Lipinski definition) is 0. The average molecular weight is 344 g/mol. The van der Waals surface area contributed by atoms with Gasteiger partial charge in [0.25, 0.3) is 0 Å². The van der Waals surface area contributed by atoms with Gasteiger partial charge in [0, 0.05) is 5.92 Å². The van der Waals surface area contributed by atoms with Crippen LogP contribution in [0.3, 0.4) is 0 Å². The monoisotopic (exact) mass is 343 g/mol. The van der Waals surface area contributed by atoms with E-state index in [0.717, 1.165) is 42.4 Å². The Bertz CT molecular complexity index is 424. The fraction of sp³-hybridized carbons (Fsp3) is 0.875. The zero-order chi connectivity index (χ0) is 18.1. The first-order chi connectivity index (χ1) is 12.1. The van der Waals surface area contributed by atoms with Gasteiger partial charge < -0.3 is 0 Å². The van der Waals surface area contributed by atoms with Crippen LogP contribution in [0.4, 0.5) is 0 Å². The van der Waals surface area contributed by atoms with Crippen molar-refractivity contribution in [2.75, 3.05) is 0 Å². The van der Waals surface area contributed by atoms with Crippen LogP contribution >= 0.6 is 0 Å². The predicted molar refractivity (Wildman–Crippen MR) is 108 cm³/mol. The molecule has 4 unspecified atom stereocenters. The Balaban J connectivity index is 1.72. The summed E-state index contributed by atoms with van der Waals surface area (Å²) in [5.74, 6) is 4.69. The van der Waals surface area contributed by atoms with Crippen LogP contribution < -0.4 is 0 Å². The molecule has 2 fully saturated rings. The van der Waals surface area contributed by atoms with Gasteiger partial charge in [-0.05, 0) is 74.5 Å². The maximum atomic E-state index is 9.03. The van der Waals surface area contributed by atoms with Gasteiger partial charge in [0.2, 0.25) is 0 Å². The summed E-state index contributed by atoms with van der Waals surface area (Å²) in [6.07, 6.45) is 21.1. The Kier molecular flexibility index (Phi) is 9.08. The van der Waals surface area contributed by atoms with Gasteiger partial charge in [0.05, 0.1) is 6.07 Å². The number of rotatable bonds is 7. The van der Waals surface area contributed by atoms with Gasteiger partial charge in [0.15, 0.2) is 0 Å². The first-order valence-electron chi connectivity index (χ1n) is 11.2. The minimum absolute atomic E-state index is 0.334. The molecule has 2 rings (SSSR count). The van der Waals surface area contributed by atoms with Gasteiger partial charge in [-0.2, -0.15) is 5.26 Å². The van der Waals surface area contributed by atoms with Crippen molar-refractivity contribution in [2.45, 2.75) is 97.8 Å². The van der Waals surface area contributed by atoms with Gasteiger partial charge in [0.1, 0.15) is 0 Å². The van der Waals surface area contributed by atoms with Crippen LogP contribution in [0.15, 0.2) is 12.2 Å². The van der Waals surface area contributed by atoms with Crippen molar-refractivity contribution in [3.8, 4) is 6.07 Å². The standard InChI is InChI=1S/C24H41N/c1-4-19(2)8-9-20(3)24-7-5-6-21(16-17-24)10-11-22-12-14-23(18-25)15-13-22/h10-11,19-24H,4-9,12-17H2,1-3H3. The zero-order valence-corrected chi connectivity index (χ0v) is 17.1. The van der Waals surface area contributed by atoms with Gasteiger partial charge in [-0.15, -0.1) is 0 Å². The molecule has 2 aliphatic rings. The lowest BCUT2D eigenvalue weighted by Crippen LogP contribution is -2.12. The maximum absolute atomic E-state index is 9.03. The molecular weight excluding hydrogens is 302 g/mol. The molecule has 4 atom stereocenters. The van der Waals surface area contributed by atoms with Crippen molar-refractivity contribution >= 4 is 0 Å². The zero-order valence-electron chi connectivity index (χ0n) is 17.1. The largest absolute Gasteiger partial charge is 0.198 e. The Morgan fingerprint density at radius 1 is 0.880 bits per heavy atom. The molecule has 0 heterocycles. The quantitative estimate of drug-likeness (QED) is 0.346. The molecule has 0 bridgehead atoms. The molecule has 0 saturated heterocycles. The lowest BCUT2D eigenvalue weighted by atomic mass is 9.81. The number of allylic oxidation sites excluding steroid dienone is 2. The van der Waals surface area contributed by atoms with Crippen LogP contribution in [-0.4, -0.2) is 0 Å². The molecule has 0 aromatic heterocycles. The molecule has 2 aliphatic carbocycles. The highest BCUT2D eigenvalue weighted by molar-refractivity contribution is 4.98. The number of nitrogens with zero attached hydrogens (tertiary/aromatic N) is 1. The van der Waals surface area contributed by atoms with Gasteiger partial charge >= 0.3 is 0 Å². The third-order valence-corrected chi connectivity index (χ3v) is 7.28. The molecule has 1 nitrogen and oxygen atoms in total. The second-order valence-electron chi connectivity index (χ2n) is 9.22. The van der Waals surface area contributed by atoms with Crippen molar-refractivity contribution in [3.05, 3.63) is 12.2 Å². The first-order valence-corrected chi connectivity index (χ1v) is 11.2. The third-order valence-electron chi connectivity index (χ3n) is 7.28. The van der Waals surface area contributed by atoms with E-state index in [9.17, 15) is 0 Å². The van der Waals surface area contributed by atoms with Crippen LogP contribution in [-0.2, 0) is 0 Å². The Hall–Kier alpha value is -0.770. The summed E-state index contributed by atoms with van der Waals surface area (Å²) in [4.78, 5) is 0. The molecule has 142 valence electrons. The summed E-state index contributed by atoms with van der Waals surface area (Å²) < 4.78 is 0. The fourth-order valence-electron chi connectivity index (χ4n) is 4.86. The molecule has 1 heteroatoms. The van der Waals surface area contributed by atoms with Crippen molar-refractivity contribution in [2.24, 2.45) is 35.5 Å². The van der Waals surface area contributed by atoms with Crippen molar-refractivity contribution in [1.29, 1.82) is 5.26 Å². The number of hydrogen-bond acceptors (Lipinski definition) is 1. The van der Waals surface area contributed by atoms with Crippen LogP contribution in [0.25, 0.3) is 0 Å². The van der Waals surface area contributed by atoms with E-state index in [2.05, 4.69) is 39.0 Å². The molecule has 0 radical (unpaired) electrons. The molecule has 25 heavy (non-hydrogen) atoms.